The Hall–Kier alpha value is 0.0900. The number of rotatable bonds is 7. The summed E-state index contributed by atoms with van der Waals surface area (Å²) >= 11 is 8.23. The minimum absolute atomic E-state index is 0.0822. The fourth-order valence-corrected chi connectivity index (χ4v) is 3.19. The van der Waals surface area contributed by atoms with E-state index in [9.17, 15) is 4.79 Å². The molecule has 1 rings (SSSR count). The Labute approximate surface area is 129 Å². The Morgan fingerprint density at radius 3 is 2.72 bits per heavy atom. The van der Waals surface area contributed by atoms with E-state index in [2.05, 4.69) is 31.9 Å². The van der Waals surface area contributed by atoms with Gasteiger partial charge in [-0.25, -0.2) is 0 Å². The van der Waals surface area contributed by atoms with Gasteiger partial charge in [-0.15, -0.1) is 11.3 Å². The van der Waals surface area contributed by atoms with Gasteiger partial charge in [-0.2, -0.15) is 0 Å². The van der Waals surface area contributed by atoms with E-state index < -0.39 is 0 Å². The lowest BCUT2D eigenvalue weighted by Crippen LogP contribution is -2.33. The molecule has 0 unspecified atom stereocenters. The minimum Gasteiger partial charge on any atom is -0.379 e. The molecule has 0 aliphatic rings. The number of nitrogens with zero attached hydrogens (tertiary/aromatic N) is 1. The fraction of sp³-hybridized carbons (Fsp3) is 0.583. The van der Waals surface area contributed by atoms with Crippen molar-refractivity contribution in [1.29, 1.82) is 0 Å². The Kier molecular flexibility index (Phi) is 7.44. The molecule has 0 atom stereocenters. The third kappa shape index (κ3) is 4.64. The zero-order valence-electron chi connectivity index (χ0n) is 10.5. The lowest BCUT2D eigenvalue weighted by atomic mass is 10.3. The second-order valence-corrected chi connectivity index (χ2v) is 6.92. The van der Waals surface area contributed by atoms with E-state index in [0.29, 0.717) is 26.3 Å². The number of likely N-dealkylation sites (N-methyl/N-ethyl adjacent to an activating group) is 1. The number of hydrogen-bond acceptors (Lipinski definition) is 3. The summed E-state index contributed by atoms with van der Waals surface area (Å²) in [5.41, 5.74) is 1.11. The van der Waals surface area contributed by atoms with Crippen molar-refractivity contribution in [3.05, 3.63) is 20.3 Å². The van der Waals surface area contributed by atoms with Crippen LogP contribution in [0, 0.1) is 6.92 Å². The summed E-state index contributed by atoms with van der Waals surface area (Å²) < 4.78 is 6.41. The highest BCUT2D eigenvalue weighted by Crippen LogP contribution is 2.28. The van der Waals surface area contributed by atoms with Crippen molar-refractivity contribution in [2.24, 2.45) is 0 Å². The molecule has 1 aromatic rings. The molecule has 0 spiro atoms. The van der Waals surface area contributed by atoms with Crippen molar-refractivity contribution in [2.45, 2.75) is 13.8 Å². The summed E-state index contributed by atoms with van der Waals surface area (Å²) in [5, 5.41) is 0.824. The van der Waals surface area contributed by atoms with Crippen LogP contribution in [-0.2, 0) is 4.74 Å². The van der Waals surface area contributed by atoms with E-state index in [1.165, 1.54) is 11.3 Å². The van der Waals surface area contributed by atoms with Gasteiger partial charge in [0.1, 0.15) is 0 Å². The van der Waals surface area contributed by atoms with Crippen LogP contribution in [-0.4, -0.2) is 42.4 Å². The highest BCUT2D eigenvalue weighted by Gasteiger charge is 2.17. The van der Waals surface area contributed by atoms with E-state index in [1.807, 2.05) is 24.8 Å². The molecule has 1 aromatic heterocycles. The molecule has 6 heteroatoms. The number of carbonyl (C=O) groups is 1. The van der Waals surface area contributed by atoms with Gasteiger partial charge in [0.15, 0.2) is 0 Å². The molecule has 0 radical (unpaired) electrons. The Bertz CT molecular complexity index is 376. The molecule has 0 N–H and O–H groups in total. The van der Waals surface area contributed by atoms with E-state index in [0.717, 1.165) is 19.6 Å². The number of halogens is 2. The van der Waals surface area contributed by atoms with Gasteiger partial charge >= 0.3 is 0 Å². The standard InChI is InChI=1S/C12H17Br2NO2S/c1-3-15(5-7-17-6-4-13)12(16)10-8-9(2)11(14)18-10/h8H,3-7H2,1-2H3. The van der Waals surface area contributed by atoms with Gasteiger partial charge in [0, 0.05) is 18.4 Å². The van der Waals surface area contributed by atoms with Crippen LogP contribution in [0.4, 0.5) is 0 Å². The van der Waals surface area contributed by atoms with Crippen molar-refractivity contribution < 1.29 is 9.53 Å². The zero-order valence-corrected chi connectivity index (χ0v) is 14.5. The maximum Gasteiger partial charge on any atom is 0.264 e. The largest absolute Gasteiger partial charge is 0.379 e. The van der Waals surface area contributed by atoms with E-state index >= 15 is 0 Å². The molecule has 0 aliphatic heterocycles. The molecule has 0 bridgehead atoms. The quantitative estimate of drug-likeness (QED) is 0.517. The van der Waals surface area contributed by atoms with Gasteiger partial charge in [-0.05, 0) is 41.4 Å². The summed E-state index contributed by atoms with van der Waals surface area (Å²) in [6, 6.07) is 1.93. The first-order valence-electron chi connectivity index (χ1n) is 5.79. The van der Waals surface area contributed by atoms with Crippen molar-refractivity contribution in [2.75, 3.05) is 31.6 Å². The van der Waals surface area contributed by atoms with Gasteiger partial charge in [-0.3, -0.25) is 4.79 Å². The Balaban J connectivity index is 2.56. The summed E-state index contributed by atoms with van der Waals surface area (Å²) in [6.45, 7) is 6.57. The molecule has 0 aliphatic carbocycles. The third-order valence-corrected chi connectivity index (χ3v) is 4.91. The number of hydrogen-bond donors (Lipinski definition) is 0. The maximum absolute atomic E-state index is 12.3. The first kappa shape index (κ1) is 16.1. The molecule has 0 saturated heterocycles. The maximum atomic E-state index is 12.3. The predicted molar refractivity (Wildman–Crippen MR) is 82.9 cm³/mol. The van der Waals surface area contributed by atoms with Gasteiger partial charge in [-0.1, -0.05) is 15.9 Å². The van der Waals surface area contributed by atoms with Crippen LogP contribution in [0.3, 0.4) is 0 Å². The second kappa shape index (κ2) is 8.30. The number of thiophene rings is 1. The van der Waals surface area contributed by atoms with Crippen LogP contribution in [0.15, 0.2) is 9.85 Å². The van der Waals surface area contributed by atoms with Crippen molar-refractivity contribution in [3.8, 4) is 0 Å². The monoisotopic (exact) mass is 397 g/mol. The summed E-state index contributed by atoms with van der Waals surface area (Å²) in [6.07, 6.45) is 0. The smallest absolute Gasteiger partial charge is 0.264 e. The van der Waals surface area contributed by atoms with Crippen LogP contribution in [0.5, 0.6) is 0 Å². The molecule has 0 saturated carbocycles. The molecule has 1 heterocycles. The molecule has 0 aromatic carbocycles. The third-order valence-electron chi connectivity index (χ3n) is 2.46. The molecule has 102 valence electrons. The normalized spacial score (nSPS) is 10.7. The van der Waals surface area contributed by atoms with Crippen molar-refractivity contribution in [1.82, 2.24) is 4.90 Å². The molecule has 3 nitrogen and oxygen atoms in total. The highest BCUT2D eigenvalue weighted by molar-refractivity contribution is 9.11. The van der Waals surface area contributed by atoms with E-state index in [-0.39, 0.29) is 5.91 Å². The zero-order chi connectivity index (χ0) is 13.5. The van der Waals surface area contributed by atoms with Crippen LogP contribution in [0.2, 0.25) is 0 Å². The number of carbonyl (C=O) groups excluding carboxylic acids is 1. The predicted octanol–water partition coefficient (Wildman–Crippen LogP) is 3.69. The first-order chi connectivity index (χ1) is 8.60. The lowest BCUT2D eigenvalue weighted by Gasteiger charge is -2.19. The molecule has 1 amide bonds. The van der Waals surface area contributed by atoms with Gasteiger partial charge < -0.3 is 9.64 Å². The molecule has 18 heavy (non-hydrogen) atoms. The average molecular weight is 399 g/mol. The molecular weight excluding hydrogens is 382 g/mol. The minimum atomic E-state index is 0.0822. The van der Waals surface area contributed by atoms with E-state index in [1.54, 1.807) is 0 Å². The van der Waals surface area contributed by atoms with Gasteiger partial charge in [0.25, 0.3) is 5.91 Å². The Morgan fingerprint density at radius 1 is 1.50 bits per heavy atom. The Morgan fingerprint density at radius 2 is 2.22 bits per heavy atom. The topological polar surface area (TPSA) is 29.5 Å². The SMILES string of the molecule is CCN(CCOCCBr)C(=O)c1cc(C)c(Br)s1. The molecule has 0 fully saturated rings. The highest BCUT2D eigenvalue weighted by atomic mass is 79.9. The van der Waals surface area contributed by atoms with Crippen LogP contribution in [0.25, 0.3) is 0 Å². The summed E-state index contributed by atoms with van der Waals surface area (Å²) in [5.74, 6) is 0.0822. The van der Waals surface area contributed by atoms with Crippen LogP contribution in [0.1, 0.15) is 22.2 Å². The fourth-order valence-electron chi connectivity index (χ4n) is 1.46. The molecular formula is C12H17Br2NO2S. The summed E-state index contributed by atoms with van der Waals surface area (Å²) in [4.78, 5) is 14.8. The van der Waals surface area contributed by atoms with Crippen molar-refractivity contribution >= 4 is 49.1 Å². The van der Waals surface area contributed by atoms with Gasteiger partial charge in [0.2, 0.25) is 0 Å². The first-order valence-corrected chi connectivity index (χ1v) is 8.52. The van der Waals surface area contributed by atoms with E-state index in [4.69, 9.17) is 4.74 Å². The lowest BCUT2D eigenvalue weighted by molar-refractivity contribution is 0.0677. The van der Waals surface area contributed by atoms with Gasteiger partial charge in [0.05, 0.1) is 21.9 Å². The number of ether oxygens (including phenoxy) is 1. The second-order valence-electron chi connectivity index (χ2n) is 3.75. The van der Waals surface area contributed by atoms with Crippen LogP contribution < -0.4 is 0 Å². The van der Waals surface area contributed by atoms with Crippen molar-refractivity contribution in [3.63, 3.8) is 0 Å². The summed E-state index contributed by atoms with van der Waals surface area (Å²) in [7, 11) is 0. The average Bonchev–Trinajstić information content (AvgIpc) is 2.69. The number of alkyl halides is 1. The van der Waals surface area contributed by atoms with Crippen LogP contribution >= 0.6 is 43.2 Å². The number of aryl methyl sites for hydroxylation is 1. The number of amides is 1.